The average molecular weight is 398 g/mol. The van der Waals surface area contributed by atoms with Crippen LogP contribution in [-0.2, 0) is 14.8 Å². The van der Waals surface area contributed by atoms with Gasteiger partial charge in [-0.25, -0.2) is 8.42 Å². The van der Waals surface area contributed by atoms with Crippen molar-refractivity contribution in [2.45, 2.75) is 39.3 Å². The quantitative estimate of drug-likeness (QED) is 0.776. The van der Waals surface area contributed by atoms with E-state index >= 15 is 0 Å². The van der Waals surface area contributed by atoms with Crippen molar-refractivity contribution in [2.75, 3.05) is 43.3 Å². The summed E-state index contributed by atoms with van der Waals surface area (Å²) in [6.45, 7) is 9.39. The van der Waals surface area contributed by atoms with Crippen LogP contribution in [0, 0.1) is 6.92 Å². The number of hydrogen-bond donors (Lipinski definition) is 1. The Labute approximate surface area is 162 Å². The van der Waals surface area contributed by atoms with Gasteiger partial charge in [0.1, 0.15) is 6.54 Å². The summed E-state index contributed by atoms with van der Waals surface area (Å²) in [6, 6.07) is 7.25. The van der Waals surface area contributed by atoms with Crippen LogP contribution in [0.4, 0.5) is 5.69 Å². The van der Waals surface area contributed by atoms with Gasteiger partial charge in [0.25, 0.3) is 0 Å². The van der Waals surface area contributed by atoms with Gasteiger partial charge < -0.3 is 10.0 Å². The van der Waals surface area contributed by atoms with Crippen molar-refractivity contribution in [3.8, 4) is 0 Å². The Bertz CT molecular complexity index is 773. The Morgan fingerprint density at radius 1 is 1.30 bits per heavy atom. The maximum atomic E-state index is 12.8. The summed E-state index contributed by atoms with van der Waals surface area (Å²) >= 11 is 0. The lowest BCUT2D eigenvalue weighted by atomic mass is 10.1. The van der Waals surface area contributed by atoms with E-state index in [1.807, 2.05) is 26.0 Å². The summed E-state index contributed by atoms with van der Waals surface area (Å²) in [7, 11) is -3.58. The maximum absolute atomic E-state index is 12.8. The largest absolute Gasteiger partial charge is 0.389 e. The molecule has 0 unspecified atom stereocenters. The molecule has 1 aromatic rings. The summed E-state index contributed by atoms with van der Waals surface area (Å²) in [5.41, 5.74) is 0.541. The van der Waals surface area contributed by atoms with Gasteiger partial charge in [0.05, 0.1) is 17.5 Å². The Hall–Kier alpha value is -1.64. The number of para-hydroxylation sites is 1. The third-order valence-corrected chi connectivity index (χ3v) is 5.90. The molecule has 1 atom stereocenters. The molecular weight excluding hydrogens is 366 g/mol. The van der Waals surface area contributed by atoms with Crippen molar-refractivity contribution in [2.24, 2.45) is 0 Å². The predicted molar refractivity (Wildman–Crippen MR) is 107 cm³/mol. The number of carbonyl (C=O) groups excluding carboxylic acids is 1. The molecule has 1 aliphatic rings. The average Bonchev–Trinajstić information content (AvgIpc) is 2.53. The standard InChI is InChI=1S/C19H31N3O4S/c1-15-8-6-7-9-17(15)22(27(5,25)26)13-18(23)20-10-11-21(16(2)12-20)14-19(3,4)24/h6-9,16,24H,10-14H2,1-5H3/t16-/m0/s1. The fourth-order valence-corrected chi connectivity index (χ4v) is 4.31. The minimum Gasteiger partial charge on any atom is -0.389 e. The highest BCUT2D eigenvalue weighted by molar-refractivity contribution is 7.92. The summed E-state index contributed by atoms with van der Waals surface area (Å²) in [6.07, 6.45) is 1.12. The number of sulfonamides is 1. The number of anilines is 1. The molecule has 0 radical (unpaired) electrons. The molecule has 1 amide bonds. The molecule has 0 spiro atoms. The van der Waals surface area contributed by atoms with Crippen LogP contribution in [-0.4, -0.2) is 79.9 Å². The first-order chi connectivity index (χ1) is 12.4. The Kier molecular flexibility index (Phi) is 6.55. The highest BCUT2D eigenvalue weighted by atomic mass is 32.2. The first kappa shape index (κ1) is 21.7. The van der Waals surface area contributed by atoms with Crippen LogP contribution in [0.5, 0.6) is 0 Å². The number of benzene rings is 1. The molecule has 0 aliphatic carbocycles. The van der Waals surface area contributed by atoms with E-state index < -0.39 is 15.6 Å². The number of carbonyl (C=O) groups is 1. The molecule has 1 aromatic carbocycles. The summed E-state index contributed by atoms with van der Waals surface area (Å²) < 4.78 is 25.8. The van der Waals surface area contributed by atoms with Gasteiger partial charge in [-0.15, -0.1) is 0 Å². The highest BCUT2D eigenvalue weighted by Crippen LogP contribution is 2.22. The van der Waals surface area contributed by atoms with Gasteiger partial charge in [0.2, 0.25) is 15.9 Å². The molecule has 0 aromatic heterocycles. The summed E-state index contributed by atoms with van der Waals surface area (Å²) in [5, 5.41) is 10.0. The zero-order valence-electron chi connectivity index (χ0n) is 16.8. The number of piperazine rings is 1. The lowest BCUT2D eigenvalue weighted by Gasteiger charge is -2.42. The van der Waals surface area contributed by atoms with E-state index in [2.05, 4.69) is 4.90 Å². The van der Waals surface area contributed by atoms with Gasteiger partial charge in [0, 0.05) is 32.2 Å². The molecule has 27 heavy (non-hydrogen) atoms. The van der Waals surface area contributed by atoms with Gasteiger partial charge in [-0.1, -0.05) is 18.2 Å². The van der Waals surface area contributed by atoms with E-state index in [0.29, 0.717) is 31.9 Å². The van der Waals surface area contributed by atoms with Crippen molar-refractivity contribution in [1.82, 2.24) is 9.80 Å². The SMILES string of the molecule is Cc1ccccc1N(CC(=O)N1CCN(CC(C)(C)O)[C@@H](C)C1)S(C)(=O)=O. The molecule has 1 aliphatic heterocycles. The lowest BCUT2D eigenvalue weighted by Crippen LogP contribution is -2.57. The van der Waals surface area contributed by atoms with Crippen LogP contribution in [0.2, 0.25) is 0 Å². The van der Waals surface area contributed by atoms with E-state index in [9.17, 15) is 18.3 Å². The third kappa shape index (κ3) is 5.92. The zero-order chi connectivity index (χ0) is 20.4. The Morgan fingerprint density at radius 2 is 1.93 bits per heavy atom. The molecule has 8 heteroatoms. The van der Waals surface area contributed by atoms with E-state index in [1.54, 1.807) is 30.9 Å². The molecule has 1 heterocycles. The van der Waals surface area contributed by atoms with E-state index in [-0.39, 0.29) is 18.5 Å². The van der Waals surface area contributed by atoms with Gasteiger partial charge in [0.15, 0.2) is 0 Å². The first-order valence-electron chi connectivity index (χ1n) is 9.16. The van der Waals surface area contributed by atoms with Crippen molar-refractivity contribution in [3.05, 3.63) is 29.8 Å². The normalized spacial score (nSPS) is 19.2. The molecule has 2 rings (SSSR count). The molecule has 1 fully saturated rings. The number of aryl methyl sites for hydroxylation is 1. The van der Waals surface area contributed by atoms with Crippen LogP contribution in [0.1, 0.15) is 26.3 Å². The zero-order valence-corrected chi connectivity index (χ0v) is 17.7. The molecule has 1 saturated heterocycles. The van der Waals surface area contributed by atoms with Gasteiger partial charge in [-0.05, 0) is 39.3 Å². The Balaban J connectivity index is 2.10. The second-order valence-electron chi connectivity index (χ2n) is 8.03. The van der Waals surface area contributed by atoms with Crippen LogP contribution < -0.4 is 4.31 Å². The first-order valence-corrected chi connectivity index (χ1v) is 11.0. The fraction of sp³-hybridized carbons (Fsp3) is 0.632. The van der Waals surface area contributed by atoms with Crippen molar-refractivity contribution < 1.29 is 18.3 Å². The summed E-state index contributed by atoms with van der Waals surface area (Å²) in [5.74, 6) is -0.210. The number of hydrogen-bond acceptors (Lipinski definition) is 5. The smallest absolute Gasteiger partial charge is 0.243 e. The second kappa shape index (κ2) is 8.16. The maximum Gasteiger partial charge on any atom is 0.243 e. The van der Waals surface area contributed by atoms with Gasteiger partial charge >= 0.3 is 0 Å². The summed E-state index contributed by atoms with van der Waals surface area (Å²) in [4.78, 5) is 16.7. The Morgan fingerprint density at radius 3 is 2.44 bits per heavy atom. The molecule has 0 saturated carbocycles. The molecule has 152 valence electrons. The van der Waals surface area contributed by atoms with Crippen LogP contribution >= 0.6 is 0 Å². The van der Waals surface area contributed by atoms with E-state index in [1.165, 1.54) is 4.31 Å². The van der Waals surface area contributed by atoms with Gasteiger partial charge in [-0.2, -0.15) is 0 Å². The minimum atomic E-state index is -3.58. The van der Waals surface area contributed by atoms with Crippen LogP contribution in [0.25, 0.3) is 0 Å². The second-order valence-corrected chi connectivity index (χ2v) is 9.93. The molecule has 0 bridgehead atoms. The highest BCUT2D eigenvalue weighted by Gasteiger charge is 2.31. The van der Waals surface area contributed by atoms with E-state index in [0.717, 1.165) is 11.8 Å². The molecule has 7 nitrogen and oxygen atoms in total. The topological polar surface area (TPSA) is 81.2 Å². The van der Waals surface area contributed by atoms with E-state index in [4.69, 9.17) is 0 Å². The monoisotopic (exact) mass is 397 g/mol. The number of nitrogens with zero attached hydrogens (tertiary/aromatic N) is 3. The third-order valence-electron chi connectivity index (χ3n) is 4.77. The number of β-amino-alcohol motifs (C(OH)–C–C–N with tert-alkyl or cyclic N) is 1. The van der Waals surface area contributed by atoms with Crippen LogP contribution in [0.3, 0.4) is 0 Å². The van der Waals surface area contributed by atoms with Crippen molar-refractivity contribution in [1.29, 1.82) is 0 Å². The fourth-order valence-electron chi connectivity index (χ4n) is 3.40. The van der Waals surface area contributed by atoms with Crippen molar-refractivity contribution >= 4 is 21.6 Å². The number of amides is 1. The van der Waals surface area contributed by atoms with Gasteiger partial charge in [-0.3, -0.25) is 14.0 Å². The predicted octanol–water partition coefficient (Wildman–Crippen LogP) is 1.06. The number of rotatable bonds is 6. The van der Waals surface area contributed by atoms with Crippen molar-refractivity contribution in [3.63, 3.8) is 0 Å². The minimum absolute atomic E-state index is 0.0965. The molecular formula is C19H31N3O4S. The molecule has 1 N–H and O–H groups in total. The van der Waals surface area contributed by atoms with Crippen LogP contribution in [0.15, 0.2) is 24.3 Å². The number of aliphatic hydroxyl groups is 1. The lowest BCUT2D eigenvalue weighted by molar-refractivity contribution is -0.132.